The van der Waals surface area contributed by atoms with E-state index in [4.69, 9.17) is 0 Å². The highest BCUT2D eigenvalue weighted by molar-refractivity contribution is 5.96. The van der Waals surface area contributed by atoms with Crippen LogP contribution in [0.25, 0.3) is 0 Å². The lowest BCUT2D eigenvalue weighted by molar-refractivity contribution is -0.137. The summed E-state index contributed by atoms with van der Waals surface area (Å²) in [6, 6.07) is 11.3. The first-order chi connectivity index (χ1) is 16.6. The SMILES string of the molecule is Cc1ccc(CC(=O)Nc2cc(C(C)CC(=O)O)c(F)cc2N(CC(C)C)C2CCCCC2)cc1. The molecule has 6 heteroatoms. The zero-order valence-electron chi connectivity index (χ0n) is 21.4. The lowest BCUT2D eigenvalue weighted by atomic mass is 9.91. The van der Waals surface area contributed by atoms with Crippen LogP contribution in [0, 0.1) is 18.7 Å². The molecule has 1 aliphatic rings. The van der Waals surface area contributed by atoms with E-state index in [0.717, 1.165) is 43.4 Å². The topological polar surface area (TPSA) is 69.6 Å². The summed E-state index contributed by atoms with van der Waals surface area (Å²) in [5.74, 6) is -1.72. The van der Waals surface area contributed by atoms with Crippen molar-refractivity contribution in [1.82, 2.24) is 0 Å². The minimum absolute atomic E-state index is 0.174. The molecule has 190 valence electrons. The summed E-state index contributed by atoms with van der Waals surface area (Å²) in [5.41, 5.74) is 3.59. The zero-order chi connectivity index (χ0) is 25.5. The third kappa shape index (κ3) is 7.55. The van der Waals surface area contributed by atoms with Gasteiger partial charge in [0.2, 0.25) is 5.91 Å². The third-order valence-corrected chi connectivity index (χ3v) is 6.77. The summed E-state index contributed by atoms with van der Waals surface area (Å²) in [7, 11) is 0. The van der Waals surface area contributed by atoms with Crippen molar-refractivity contribution in [3.05, 3.63) is 58.9 Å². The molecule has 35 heavy (non-hydrogen) atoms. The number of benzene rings is 2. The van der Waals surface area contributed by atoms with E-state index in [0.29, 0.717) is 28.9 Å². The van der Waals surface area contributed by atoms with Gasteiger partial charge in [0.05, 0.1) is 24.2 Å². The van der Waals surface area contributed by atoms with Gasteiger partial charge in [0.1, 0.15) is 5.82 Å². The van der Waals surface area contributed by atoms with Crippen molar-refractivity contribution in [2.75, 3.05) is 16.8 Å². The number of halogens is 1. The van der Waals surface area contributed by atoms with Gasteiger partial charge in [-0.15, -0.1) is 0 Å². The Labute approximate surface area is 208 Å². The average Bonchev–Trinajstić information content (AvgIpc) is 2.80. The van der Waals surface area contributed by atoms with Crippen molar-refractivity contribution >= 4 is 23.3 Å². The molecule has 1 aliphatic carbocycles. The van der Waals surface area contributed by atoms with Crippen molar-refractivity contribution < 1.29 is 19.1 Å². The van der Waals surface area contributed by atoms with Crippen LogP contribution in [0.2, 0.25) is 0 Å². The van der Waals surface area contributed by atoms with E-state index in [1.165, 1.54) is 12.5 Å². The van der Waals surface area contributed by atoms with E-state index in [1.807, 2.05) is 31.2 Å². The quantitative estimate of drug-likeness (QED) is 0.396. The smallest absolute Gasteiger partial charge is 0.303 e. The minimum Gasteiger partial charge on any atom is -0.481 e. The fourth-order valence-corrected chi connectivity index (χ4v) is 4.98. The van der Waals surface area contributed by atoms with Crippen LogP contribution in [0.4, 0.5) is 15.8 Å². The molecule has 1 amide bonds. The number of anilines is 2. The van der Waals surface area contributed by atoms with Crippen molar-refractivity contribution in [3.63, 3.8) is 0 Å². The molecule has 1 saturated carbocycles. The number of aryl methyl sites for hydroxylation is 1. The van der Waals surface area contributed by atoms with Gasteiger partial charge in [-0.1, -0.05) is 69.9 Å². The summed E-state index contributed by atoms with van der Waals surface area (Å²) < 4.78 is 15.4. The van der Waals surface area contributed by atoms with Crippen LogP contribution in [-0.2, 0) is 16.0 Å². The molecule has 0 saturated heterocycles. The molecule has 2 aromatic rings. The second-order valence-corrected chi connectivity index (χ2v) is 10.4. The van der Waals surface area contributed by atoms with Crippen LogP contribution in [0.15, 0.2) is 36.4 Å². The Morgan fingerprint density at radius 2 is 1.74 bits per heavy atom. The summed E-state index contributed by atoms with van der Waals surface area (Å²) in [4.78, 5) is 26.6. The number of carboxylic acid groups (broad SMARTS) is 1. The number of carbonyl (C=O) groups excluding carboxylic acids is 1. The second kappa shape index (κ2) is 12.2. The van der Waals surface area contributed by atoms with Gasteiger partial charge in [-0.25, -0.2) is 4.39 Å². The highest BCUT2D eigenvalue weighted by Gasteiger charge is 2.27. The molecule has 2 N–H and O–H groups in total. The maximum absolute atomic E-state index is 15.4. The van der Waals surface area contributed by atoms with Crippen LogP contribution in [-0.4, -0.2) is 29.6 Å². The van der Waals surface area contributed by atoms with E-state index in [1.54, 1.807) is 13.0 Å². The van der Waals surface area contributed by atoms with Gasteiger partial charge < -0.3 is 15.3 Å². The Balaban J connectivity index is 1.99. The molecule has 1 fully saturated rings. The normalized spacial score (nSPS) is 15.1. The standard InChI is InChI=1S/C29H39FN2O3/c1-19(2)18-32(23-8-6-5-7-9-23)27-17-25(30)24(21(4)14-29(34)35)16-26(27)31-28(33)15-22-12-10-20(3)11-13-22/h10-13,16-17,19,21,23H,5-9,14-15,18H2,1-4H3,(H,31,33)(H,34,35). The first kappa shape index (κ1) is 26.7. The number of hydrogen-bond acceptors (Lipinski definition) is 3. The van der Waals surface area contributed by atoms with Crippen molar-refractivity contribution in [1.29, 1.82) is 0 Å². The first-order valence-electron chi connectivity index (χ1n) is 12.8. The van der Waals surface area contributed by atoms with Crippen molar-refractivity contribution in [2.45, 2.75) is 84.6 Å². The zero-order valence-corrected chi connectivity index (χ0v) is 21.4. The Hall–Kier alpha value is -2.89. The largest absolute Gasteiger partial charge is 0.481 e. The molecule has 1 unspecified atom stereocenters. The fourth-order valence-electron chi connectivity index (χ4n) is 4.98. The fraction of sp³-hybridized carbons (Fsp3) is 0.517. The van der Waals surface area contributed by atoms with Crippen molar-refractivity contribution in [2.24, 2.45) is 5.92 Å². The predicted molar refractivity (Wildman–Crippen MR) is 140 cm³/mol. The highest BCUT2D eigenvalue weighted by atomic mass is 19.1. The number of nitrogens with one attached hydrogen (secondary N) is 1. The number of rotatable bonds is 10. The van der Waals surface area contributed by atoms with E-state index in [2.05, 4.69) is 24.1 Å². The molecule has 0 radical (unpaired) electrons. The Morgan fingerprint density at radius 3 is 2.34 bits per heavy atom. The van der Waals surface area contributed by atoms with E-state index < -0.39 is 17.7 Å². The van der Waals surface area contributed by atoms with Gasteiger partial charge in [-0.2, -0.15) is 0 Å². The van der Waals surface area contributed by atoms with Gasteiger partial charge in [-0.3, -0.25) is 9.59 Å². The van der Waals surface area contributed by atoms with Gasteiger partial charge >= 0.3 is 5.97 Å². The molecular weight excluding hydrogens is 443 g/mol. The molecule has 0 heterocycles. The second-order valence-electron chi connectivity index (χ2n) is 10.4. The number of amides is 1. The summed E-state index contributed by atoms with van der Waals surface area (Å²) in [6.45, 7) is 8.76. The number of carbonyl (C=O) groups is 2. The van der Waals surface area contributed by atoms with Gasteiger partial charge in [0.15, 0.2) is 0 Å². The van der Waals surface area contributed by atoms with Crippen LogP contribution < -0.4 is 10.2 Å². The number of aliphatic carboxylic acids is 1. The van der Waals surface area contributed by atoms with Gasteiger partial charge in [0.25, 0.3) is 0 Å². The molecule has 0 spiro atoms. The van der Waals surface area contributed by atoms with Crippen LogP contribution in [0.1, 0.15) is 81.9 Å². The molecule has 0 bridgehead atoms. The van der Waals surface area contributed by atoms with Gasteiger partial charge in [-0.05, 0) is 54.9 Å². The number of nitrogens with zero attached hydrogens (tertiary/aromatic N) is 1. The maximum atomic E-state index is 15.4. The lowest BCUT2D eigenvalue weighted by Gasteiger charge is -2.38. The monoisotopic (exact) mass is 482 g/mol. The van der Waals surface area contributed by atoms with E-state index in [-0.39, 0.29) is 18.7 Å². The Bertz CT molecular complexity index is 1010. The molecule has 2 aromatic carbocycles. The first-order valence-corrected chi connectivity index (χ1v) is 12.8. The Morgan fingerprint density at radius 1 is 1.09 bits per heavy atom. The molecule has 0 aromatic heterocycles. The molecular formula is C29H39FN2O3. The minimum atomic E-state index is -0.977. The third-order valence-electron chi connectivity index (χ3n) is 6.77. The lowest BCUT2D eigenvalue weighted by Crippen LogP contribution is -2.40. The van der Waals surface area contributed by atoms with Crippen molar-refractivity contribution in [3.8, 4) is 0 Å². The summed E-state index contributed by atoms with van der Waals surface area (Å²) >= 11 is 0. The number of hydrogen-bond donors (Lipinski definition) is 2. The maximum Gasteiger partial charge on any atom is 0.303 e. The molecule has 5 nitrogen and oxygen atoms in total. The number of carboxylic acids is 1. The predicted octanol–water partition coefficient (Wildman–Crippen LogP) is 6.69. The molecule has 1 atom stereocenters. The molecule has 0 aliphatic heterocycles. The molecule has 3 rings (SSSR count). The summed E-state index contributed by atoms with van der Waals surface area (Å²) in [5, 5.41) is 12.3. The Kier molecular flexibility index (Phi) is 9.30. The summed E-state index contributed by atoms with van der Waals surface area (Å²) in [6.07, 6.45) is 5.63. The van der Waals surface area contributed by atoms with Crippen LogP contribution in [0.3, 0.4) is 0 Å². The van der Waals surface area contributed by atoms with Crippen LogP contribution in [0.5, 0.6) is 0 Å². The van der Waals surface area contributed by atoms with Crippen LogP contribution >= 0.6 is 0 Å². The van der Waals surface area contributed by atoms with E-state index >= 15 is 4.39 Å². The van der Waals surface area contributed by atoms with E-state index in [9.17, 15) is 14.7 Å². The highest BCUT2D eigenvalue weighted by Crippen LogP contribution is 2.37. The average molecular weight is 483 g/mol. The van der Waals surface area contributed by atoms with Gasteiger partial charge in [0, 0.05) is 12.6 Å².